The maximum absolute atomic E-state index is 17.1. The van der Waals surface area contributed by atoms with Gasteiger partial charge in [-0.15, -0.1) is 0 Å². The van der Waals surface area contributed by atoms with Crippen LogP contribution in [0.3, 0.4) is 0 Å². The third-order valence-corrected chi connectivity index (χ3v) is 15.8. The number of β-amino-alcohol motifs (C(OH)–C–C–N with tert-alkyl or cyclic N) is 1. The molecule has 5 fully saturated rings. The Morgan fingerprint density at radius 2 is 1.58 bits per heavy atom. The van der Waals surface area contributed by atoms with E-state index in [-0.39, 0.29) is 70.1 Å². The molecular formula is C53H58F3N9O7. The van der Waals surface area contributed by atoms with Crippen molar-refractivity contribution < 1.29 is 47.3 Å². The fourth-order valence-corrected chi connectivity index (χ4v) is 11.8. The first-order chi connectivity index (χ1) is 34.6. The summed E-state index contributed by atoms with van der Waals surface area (Å²) < 4.78 is 54.3. The molecule has 5 aliphatic heterocycles. The minimum Gasteiger partial charge on any atom is -0.508 e. The van der Waals surface area contributed by atoms with Gasteiger partial charge in [-0.3, -0.25) is 39.3 Å². The standard InChI is InChI=1S/C53H58F3N9O7/c1-3-33-38(54)6-5-31-21-32(66)22-36(43(31)33)45-44(56)46-37(25-57-45)47(64-14-4-11-52(2,71)27-64)60-51(59-46)72-29-53(12-13-53)28-62-15-9-30(10-16-62)26-61-17-19-63(20-18-61)41-24-35-34(23-39(41)55)49(69)65(50(35)70)40-7-8-42(67)58-48(40)68/h5-6,21-25,30,40,66,71H,3-4,7-20,26-29H2,1-2H3,(H,58,67,68)/t40?,52-/m1/s1. The normalized spacial score (nSPS) is 23.1. The molecule has 0 spiro atoms. The number of nitrogens with zero attached hydrogens (tertiary/aromatic N) is 8. The van der Waals surface area contributed by atoms with Crippen LogP contribution in [0.1, 0.15) is 91.5 Å². The Balaban J connectivity index is 0.729. The lowest BCUT2D eigenvalue weighted by atomic mass is 9.94. The average Bonchev–Trinajstić information content (AvgIpc) is 4.08. The number of pyridine rings is 1. The number of piperazine rings is 1. The molecule has 7 heterocycles. The number of fused-ring (bicyclic) bond motifs is 3. The van der Waals surface area contributed by atoms with Gasteiger partial charge >= 0.3 is 6.01 Å². The van der Waals surface area contributed by atoms with Crippen molar-refractivity contribution in [3.63, 3.8) is 0 Å². The molecule has 11 rings (SSSR count). The maximum atomic E-state index is 17.1. The summed E-state index contributed by atoms with van der Waals surface area (Å²) in [5.41, 5.74) is -0.346. The summed E-state index contributed by atoms with van der Waals surface area (Å²) in [6.07, 6.45) is 7.14. The van der Waals surface area contributed by atoms with Gasteiger partial charge in [0, 0.05) is 76.0 Å². The molecule has 0 bridgehead atoms. The summed E-state index contributed by atoms with van der Waals surface area (Å²) in [6.45, 7) is 10.9. The number of rotatable bonds is 12. The van der Waals surface area contributed by atoms with Gasteiger partial charge in [-0.25, -0.2) is 13.2 Å². The van der Waals surface area contributed by atoms with Crippen molar-refractivity contribution >= 4 is 56.8 Å². The van der Waals surface area contributed by atoms with E-state index in [1.54, 1.807) is 13.0 Å². The number of halogens is 3. The molecule has 6 aliphatic rings. The first-order valence-electron chi connectivity index (χ1n) is 25.2. The molecule has 1 aliphatic carbocycles. The number of aromatic hydroxyl groups is 1. The van der Waals surface area contributed by atoms with E-state index in [9.17, 15) is 29.4 Å². The van der Waals surface area contributed by atoms with Crippen molar-refractivity contribution in [2.24, 2.45) is 11.3 Å². The van der Waals surface area contributed by atoms with Gasteiger partial charge in [0.15, 0.2) is 5.82 Å². The van der Waals surface area contributed by atoms with Gasteiger partial charge in [0.25, 0.3) is 11.8 Å². The highest BCUT2D eigenvalue weighted by atomic mass is 19.1. The smallest absolute Gasteiger partial charge is 0.319 e. The fraction of sp³-hybridized carbons (Fsp3) is 0.491. The second-order valence-electron chi connectivity index (χ2n) is 21.1. The molecule has 19 heteroatoms. The monoisotopic (exact) mass is 989 g/mol. The van der Waals surface area contributed by atoms with Gasteiger partial charge in [-0.1, -0.05) is 13.0 Å². The van der Waals surface area contributed by atoms with Crippen molar-refractivity contribution in [1.82, 2.24) is 35.0 Å². The first-order valence-corrected chi connectivity index (χ1v) is 25.2. The quantitative estimate of drug-likeness (QED) is 0.124. The largest absolute Gasteiger partial charge is 0.508 e. The van der Waals surface area contributed by atoms with Crippen molar-refractivity contribution in [2.45, 2.75) is 83.3 Å². The number of anilines is 2. The predicted octanol–water partition coefficient (Wildman–Crippen LogP) is 5.98. The number of imide groups is 2. The molecule has 1 unspecified atom stereocenters. The molecule has 2 atom stereocenters. The molecule has 0 radical (unpaired) electrons. The second kappa shape index (κ2) is 18.6. The van der Waals surface area contributed by atoms with Gasteiger partial charge in [-0.2, -0.15) is 9.97 Å². The zero-order chi connectivity index (χ0) is 50.2. The summed E-state index contributed by atoms with van der Waals surface area (Å²) >= 11 is 0. The number of hydrogen-bond acceptors (Lipinski definition) is 14. The number of amides is 4. The molecule has 4 amide bonds. The lowest BCUT2D eigenvalue weighted by Gasteiger charge is -2.40. The summed E-state index contributed by atoms with van der Waals surface area (Å²) in [7, 11) is 0. The molecule has 5 aromatic rings. The number of benzene rings is 3. The highest BCUT2D eigenvalue weighted by molar-refractivity contribution is 6.23. The van der Waals surface area contributed by atoms with Gasteiger partial charge < -0.3 is 29.6 Å². The minimum absolute atomic E-state index is 0.00219. The van der Waals surface area contributed by atoms with E-state index in [0.29, 0.717) is 92.1 Å². The number of aliphatic hydroxyl groups is 1. The molecule has 4 saturated heterocycles. The summed E-state index contributed by atoms with van der Waals surface area (Å²) in [5, 5.41) is 25.4. The SMILES string of the molecule is CCc1c(F)ccc2cc(O)cc(-c3ncc4c(N5CCC[C@@](C)(O)C5)nc(OCC5(CN6CCC(CN7CCN(c8cc9c(cc8F)C(=O)N(C8CCC(=O)NC8=O)C9=O)CC7)CC6)CC5)nc4c3F)c12. The van der Waals surface area contributed by atoms with Crippen LogP contribution in [0.5, 0.6) is 11.8 Å². The molecule has 1 saturated carbocycles. The third kappa shape index (κ3) is 8.97. The van der Waals surface area contributed by atoms with E-state index < -0.39 is 52.7 Å². The number of phenols is 1. The van der Waals surface area contributed by atoms with Gasteiger partial charge in [0.05, 0.1) is 34.4 Å². The maximum Gasteiger partial charge on any atom is 0.319 e. The van der Waals surface area contributed by atoms with E-state index in [4.69, 9.17) is 9.72 Å². The highest BCUT2D eigenvalue weighted by Crippen LogP contribution is 2.47. The number of hydrogen-bond donors (Lipinski definition) is 3. The summed E-state index contributed by atoms with van der Waals surface area (Å²) in [6, 6.07) is 7.25. The van der Waals surface area contributed by atoms with E-state index in [0.717, 1.165) is 62.8 Å². The fourth-order valence-electron chi connectivity index (χ4n) is 11.8. The van der Waals surface area contributed by atoms with Crippen LogP contribution in [0.15, 0.2) is 42.6 Å². The Labute approximate surface area is 414 Å². The lowest BCUT2D eigenvalue weighted by Crippen LogP contribution is -2.54. The van der Waals surface area contributed by atoms with Crippen LogP contribution in [0.4, 0.5) is 24.7 Å². The molecule has 378 valence electrons. The highest BCUT2D eigenvalue weighted by Gasteiger charge is 2.47. The number of piperidine rings is 3. The predicted molar refractivity (Wildman–Crippen MR) is 261 cm³/mol. The minimum atomic E-state index is -1.12. The molecule has 3 N–H and O–H groups in total. The van der Waals surface area contributed by atoms with Crippen LogP contribution in [0.25, 0.3) is 32.9 Å². The Bertz CT molecular complexity index is 3040. The van der Waals surface area contributed by atoms with Crippen LogP contribution < -0.4 is 19.9 Å². The molecular weight excluding hydrogens is 932 g/mol. The van der Waals surface area contributed by atoms with Crippen LogP contribution in [0.2, 0.25) is 0 Å². The number of aromatic nitrogens is 3. The topological polar surface area (TPSA) is 185 Å². The van der Waals surface area contributed by atoms with Crippen molar-refractivity contribution in [3.05, 3.63) is 76.7 Å². The van der Waals surface area contributed by atoms with Crippen molar-refractivity contribution in [2.75, 3.05) is 81.9 Å². The third-order valence-electron chi connectivity index (χ3n) is 15.8. The number of likely N-dealkylation sites (tertiary alicyclic amines) is 1. The van der Waals surface area contributed by atoms with Crippen LogP contribution in [0, 0.1) is 28.8 Å². The molecule has 72 heavy (non-hydrogen) atoms. The van der Waals surface area contributed by atoms with Crippen LogP contribution in [-0.2, 0) is 16.0 Å². The molecule has 16 nitrogen and oxygen atoms in total. The average molecular weight is 990 g/mol. The van der Waals surface area contributed by atoms with E-state index in [1.807, 2.05) is 16.7 Å². The second-order valence-corrected chi connectivity index (χ2v) is 21.1. The Kier molecular flexibility index (Phi) is 12.3. The first kappa shape index (κ1) is 47.9. The Hall–Kier alpha value is -6.44. The van der Waals surface area contributed by atoms with E-state index in [1.165, 1.54) is 30.5 Å². The van der Waals surface area contributed by atoms with Crippen LogP contribution >= 0.6 is 0 Å². The van der Waals surface area contributed by atoms with E-state index in [2.05, 4.69) is 25.1 Å². The van der Waals surface area contributed by atoms with Crippen molar-refractivity contribution in [3.8, 4) is 23.0 Å². The zero-order valence-electron chi connectivity index (χ0n) is 40.5. The van der Waals surface area contributed by atoms with Gasteiger partial charge in [0.1, 0.15) is 40.5 Å². The lowest BCUT2D eigenvalue weighted by molar-refractivity contribution is -0.136. The van der Waals surface area contributed by atoms with Gasteiger partial charge in [0.2, 0.25) is 11.8 Å². The Morgan fingerprint density at radius 3 is 2.29 bits per heavy atom. The number of ether oxygens (including phenoxy) is 1. The number of aryl methyl sites for hydroxylation is 1. The zero-order valence-corrected chi connectivity index (χ0v) is 40.5. The van der Waals surface area contributed by atoms with Crippen LogP contribution in [-0.4, -0.2) is 147 Å². The number of phenolic OH excluding ortho intramolecular Hbond substituents is 1. The van der Waals surface area contributed by atoms with Gasteiger partial charge in [-0.05, 0) is 124 Å². The summed E-state index contributed by atoms with van der Waals surface area (Å²) in [4.78, 5) is 74.5. The number of nitrogens with one attached hydrogen (secondary N) is 1. The number of carbonyl (C=O) groups excluding carboxylic acids is 4. The van der Waals surface area contributed by atoms with E-state index >= 15 is 13.2 Å². The molecule has 2 aromatic heterocycles. The van der Waals surface area contributed by atoms with Crippen molar-refractivity contribution in [1.29, 1.82) is 0 Å². The molecule has 3 aromatic carbocycles. The summed E-state index contributed by atoms with van der Waals surface area (Å²) in [5.74, 6) is -3.57. The number of carbonyl (C=O) groups is 4. The Morgan fingerprint density at radius 1 is 0.833 bits per heavy atom.